The third kappa shape index (κ3) is 3.20. The lowest BCUT2D eigenvalue weighted by Gasteiger charge is -2.36. The molecule has 1 unspecified atom stereocenters. The van der Waals surface area contributed by atoms with Gasteiger partial charge in [-0.05, 0) is 72.3 Å². The number of hydrogen-bond acceptors (Lipinski definition) is 4. The zero-order chi connectivity index (χ0) is 14.8. The Morgan fingerprint density at radius 3 is 2.67 bits per heavy atom. The lowest BCUT2D eigenvalue weighted by atomic mass is 9.94. The van der Waals surface area contributed by atoms with Gasteiger partial charge in [0, 0.05) is 4.88 Å². The van der Waals surface area contributed by atoms with Crippen LogP contribution in [-0.2, 0) is 4.79 Å². The van der Waals surface area contributed by atoms with Crippen molar-refractivity contribution < 1.29 is 9.90 Å². The van der Waals surface area contributed by atoms with E-state index >= 15 is 0 Å². The van der Waals surface area contributed by atoms with Crippen LogP contribution in [0.25, 0.3) is 0 Å². The van der Waals surface area contributed by atoms with Crippen molar-refractivity contribution >= 4 is 28.6 Å². The normalized spacial score (nSPS) is 18.7. The van der Waals surface area contributed by atoms with Gasteiger partial charge in [0.2, 0.25) is 0 Å². The summed E-state index contributed by atoms with van der Waals surface area (Å²) in [7, 11) is 0. The standard InChI is InChI=1S/C16H19NO2S2/c1-11-8-14(21-9-11)15(13-4-7-20-10-13)17-5-2-12(3-6-17)16(18)19/h4,7-10,12,15H,2-3,5-6H2,1H3,(H,18,19). The van der Waals surface area contributed by atoms with Crippen LogP contribution in [0.4, 0.5) is 0 Å². The molecule has 1 fully saturated rings. The summed E-state index contributed by atoms with van der Waals surface area (Å²) in [6, 6.07) is 4.73. The monoisotopic (exact) mass is 321 g/mol. The van der Waals surface area contributed by atoms with Gasteiger partial charge in [0.25, 0.3) is 0 Å². The van der Waals surface area contributed by atoms with Gasteiger partial charge in [0.15, 0.2) is 0 Å². The van der Waals surface area contributed by atoms with Crippen molar-refractivity contribution in [2.75, 3.05) is 13.1 Å². The van der Waals surface area contributed by atoms with Crippen molar-refractivity contribution in [1.29, 1.82) is 0 Å². The van der Waals surface area contributed by atoms with Gasteiger partial charge in [-0.1, -0.05) is 0 Å². The summed E-state index contributed by atoms with van der Waals surface area (Å²) < 4.78 is 0. The smallest absolute Gasteiger partial charge is 0.306 e. The minimum atomic E-state index is -0.645. The van der Waals surface area contributed by atoms with Crippen LogP contribution in [0.15, 0.2) is 28.3 Å². The summed E-state index contributed by atoms with van der Waals surface area (Å²) in [6.45, 7) is 3.84. The molecule has 0 spiro atoms. The van der Waals surface area contributed by atoms with Crippen molar-refractivity contribution in [3.8, 4) is 0 Å². The van der Waals surface area contributed by atoms with Crippen LogP contribution < -0.4 is 0 Å². The first-order valence-corrected chi connectivity index (χ1v) is 9.01. The van der Waals surface area contributed by atoms with E-state index in [1.807, 2.05) is 0 Å². The van der Waals surface area contributed by atoms with Gasteiger partial charge in [-0.2, -0.15) is 11.3 Å². The molecule has 3 rings (SSSR count). The van der Waals surface area contributed by atoms with Crippen molar-refractivity contribution in [3.05, 3.63) is 44.3 Å². The summed E-state index contributed by atoms with van der Waals surface area (Å²) >= 11 is 3.53. The third-order valence-electron chi connectivity index (χ3n) is 4.12. The molecule has 1 N–H and O–H groups in total. The van der Waals surface area contributed by atoms with Gasteiger partial charge >= 0.3 is 5.97 Å². The quantitative estimate of drug-likeness (QED) is 0.925. The van der Waals surface area contributed by atoms with Gasteiger partial charge in [-0.25, -0.2) is 0 Å². The molecule has 0 saturated carbocycles. The Morgan fingerprint density at radius 2 is 2.14 bits per heavy atom. The lowest BCUT2D eigenvalue weighted by Crippen LogP contribution is -2.38. The lowest BCUT2D eigenvalue weighted by molar-refractivity contribution is -0.143. The Kier molecular flexibility index (Phi) is 4.42. The van der Waals surface area contributed by atoms with E-state index in [0.717, 1.165) is 25.9 Å². The first kappa shape index (κ1) is 14.8. The predicted octanol–water partition coefficient (Wildman–Crippen LogP) is 4.00. The maximum absolute atomic E-state index is 11.1. The van der Waals surface area contributed by atoms with E-state index in [2.05, 4.69) is 40.1 Å². The second-order valence-corrected chi connectivity index (χ2v) is 7.36. The Bertz CT molecular complexity index is 598. The fourth-order valence-electron chi connectivity index (χ4n) is 2.99. The van der Waals surface area contributed by atoms with Crippen LogP contribution in [0, 0.1) is 12.8 Å². The average molecular weight is 321 g/mol. The first-order valence-electron chi connectivity index (χ1n) is 7.19. The molecular formula is C16H19NO2S2. The van der Waals surface area contributed by atoms with Crippen molar-refractivity contribution in [1.82, 2.24) is 4.90 Å². The summed E-state index contributed by atoms with van der Waals surface area (Å²) in [5.41, 5.74) is 2.63. The number of piperidine rings is 1. The highest BCUT2D eigenvalue weighted by Crippen LogP contribution is 2.36. The fraction of sp³-hybridized carbons (Fsp3) is 0.438. The predicted molar refractivity (Wildman–Crippen MR) is 87.2 cm³/mol. The number of aryl methyl sites for hydroxylation is 1. The number of carboxylic acid groups (broad SMARTS) is 1. The number of hydrogen-bond donors (Lipinski definition) is 1. The van der Waals surface area contributed by atoms with E-state index in [1.165, 1.54) is 16.0 Å². The van der Waals surface area contributed by atoms with Crippen LogP contribution in [0.5, 0.6) is 0 Å². The van der Waals surface area contributed by atoms with Crippen LogP contribution in [0.3, 0.4) is 0 Å². The summed E-state index contributed by atoms with van der Waals surface area (Å²) in [4.78, 5) is 14.9. The molecule has 0 amide bonds. The number of rotatable bonds is 4. The maximum Gasteiger partial charge on any atom is 0.306 e. The zero-order valence-electron chi connectivity index (χ0n) is 12.0. The molecule has 112 valence electrons. The summed E-state index contributed by atoms with van der Waals surface area (Å²) in [5, 5.41) is 15.7. The molecule has 2 aromatic rings. The van der Waals surface area contributed by atoms with Crippen LogP contribution >= 0.6 is 22.7 Å². The number of aliphatic carboxylic acids is 1. The van der Waals surface area contributed by atoms with E-state index in [1.54, 1.807) is 22.7 Å². The molecule has 1 aliphatic rings. The maximum atomic E-state index is 11.1. The van der Waals surface area contributed by atoms with Crippen molar-refractivity contribution in [2.45, 2.75) is 25.8 Å². The molecule has 1 saturated heterocycles. The van der Waals surface area contributed by atoms with Gasteiger partial charge < -0.3 is 5.11 Å². The number of carboxylic acids is 1. The molecule has 2 aromatic heterocycles. The van der Waals surface area contributed by atoms with Crippen LogP contribution in [0.2, 0.25) is 0 Å². The molecule has 5 heteroatoms. The molecule has 3 nitrogen and oxygen atoms in total. The highest BCUT2D eigenvalue weighted by atomic mass is 32.1. The van der Waals surface area contributed by atoms with E-state index in [0.29, 0.717) is 0 Å². The Morgan fingerprint density at radius 1 is 1.38 bits per heavy atom. The third-order valence-corrected chi connectivity index (χ3v) is 5.93. The molecule has 1 aliphatic heterocycles. The van der Waals surface area contributed by atoms with E-state index in [-0.39, 0.29) is 12.0 Å². The summed E-state index contributed by atoms with van der Waals surface area (Å²) in [6.07, 6.45) is 1.50. The first-order chi connectivity index (χ1) is 10.1. The van der Waals surface area contributed by atoms with Gasteiger partial charge in [0.05, 0.1) is 12.0 Å². The van der Waals surface area contributed by atoms with Crippen molar-refractivity contribution in [2.24, 2.45) is 5.92 Å². The molecule has 3 heterocycles. The van der Waals surface area contributed by atoms with Crippen molar-refractivity contribution in [3.63, 3.8) is 0 Å². The highest BCUT2D eigenvalue weighted by Gasteiger charge is 2.30. The van der Waals surface area contributed by atoms with Gasteiger partial charge in [-0.15, -0.1) is 11.3 Å². The van der Waals surface area contributed by atoms with E-state index in [9.17, 15) is 4.79 Å². The molecule has 0 aliphatic carbocycles. The SMILES string of the molecule is Cc1csc(C(c2ccsc2)N2CCC(C(=O)O)CC2)c1. The Hall–Kier alpha value is -1.17. The molecule has 0 aromatic carbocycles. The highest BCUT2D eigenvalue weighted by molar-refractivity contribution is 7.10. The molecule has 1 atom stereocenters. The fourth-order valence-corrected chi connectivity index (χ4v) is 4.72. The Labute approximate surface area is 132 Å². The van der Waals surface area contributed by atoms with Gasteiger partial charge in [0.1, 0.15) is 0 Å². The largest absolute Gasteiger partial charge is 0.481 e. The zero-order valence-corrected chi connectivity index (χ0v) is 13.6. The minimum Gasteiger partial charge on any atom is -0.481 e. The number of nitrogens with zero attached hydrogens (tertiary/aromatic N) is 1. The number of likely N-dealkylation sites (tertiary alicyclic amines) is 1. The second kappa shape index (κ2) is 6.30. The molecule has 0 bridgehead atoms. The molecular weight excluding hydrogens is 302 g/mol. The molecule has 0 radical (unpaired) electrons. The van der Waals surface area contributed by atoms with Crippen LogP contribution in [-0.4, -0.2) is 29.1 Å². The number of carbonyl (C=O) groups is 1. The Balaban J connectivity index is 1.82. The summed E-state index contributed by atoms with van der Waals surface area (Å²) in [5.74, 6) is -0.817. The van der Waals surface area contributed by atoms with E-state index < -0.39 is 5.97 Å². The van der Waals surface area contributed by atoms with E-state index in [4.69, 9.17) is 5.11 Å². The number of thiophene rings is 2. The van der Waals surface area contributed by atoms with Crippen LogP contribution in [0.1, 0.15) is 34.9 Å². The topological polar surface area (TPSA) is 40.5 Å². The minimum absolute atomic E-state index is 0.172. The van der Waals surface area contributed by atoms with Gasteiger partial charge in [-0.3, -0.25) is 9.69 Å². The average Bonchev–Trinajstić information content (AvgIpc) is 3.12. The molecule has 21 heavy (non-hydrogen) atoms. The second-order valence-electron chi connectivity index (χ2n) is 5.63.